The highest BCUT2D eigenvalue weighted by Gasteiger charge is 2.12. The fourth-order valence-electron chi connectivity index (χ4n) is 2.48. The average Bonchev–Trinajstić information content (AvgIpc) is 2.64. The minimum absolute atomic E-state index is 0.403. The summed E-state index contributed by atoms with van der Waals surface area (Å²) in [6, 6.07) is 19.9. The molecule has 4 heteroatoms. The molecule has 0 bridgehead atoms. The number of piperidine rings is 1. The number of benzene rings is 2. The Morgan fingerprint density at radius 2 is 1.54 bits per heavy atom. The second-order valence-electron chi connectivity index (χ2n) is 5.61. The minimum Gasteiger partial charge on any atom is -0.435 e. The zero-order valence-corrected chi connectivity index (χ0v) is 14.5. The van der Waals surface area contributed by atoms with E-state index in [4.69, 9.17) is 9.05 Å². The van der Waals surface area contributed by atoms with Crippen LogP contribution in [0, 0.1) is 0 Å². The fraction of sp³-hybridized carbons (Fsp3) is 0.250. The van der Waals surface area contributed by atoms with Gasteiger partial charge >= 0.3 is 8.38 Å². The van der Waals surface area contributed by atoms with Crippen molar-refractivity contribution in [2.45, 2.75) is 25.3 Å². The van der Waals surface area contributed by atoms with Crippen molar-refractivity contribution in [3.63, 3.8) is 0 Å². The van der Waals surface area contributed by atoms with Crippen molar-refractivity contribution in [3.8, 4) is 11.5 Å². The molecule has 0 aromatic heterocycles. The minimum atomic E-state index is -1.24. The lowest BCUT2D eigenvalue weighted by molar-refractivity contribution is 0.455. The van der Waals surface area contributed by atoms with Gasteiger partial charge in [0, 0.05) is 6.04 Å². The summed E-state index contributed by atoms with van der Waals surface area (Å²) in [5.74, 6) is 3.49. The van der Waals surface area contributed by atoms with E-state index in [2.05, 4.69) is 17.1 Å². The smallest absolute Gasteiger partial charge is 0.326 e. The second kappa shape index (κ2) is 9.30. The Morgan fingerprint density at radius 1 is 0.917 bits per heavy atom. The van der Waals surface area contributed by atoms with Crippen LogP contribution >= 0.6 is 8.38 Å². The first-order valence-electron chi connectivity index (χ1n) is 8.31. The molecule has 1 saturated heterocycles. The van der Waals surface area contributed by atoms with Crippen LogP contribution in [0.2, 0.25) is 0 Å². The molecule has 1 aliphatic heterocycles. The van der Waals surface area contributed by atoms with Crippen molar-refractivity contribution in [1.82, 2.24) is 5.32 Å². The van der Waals surface area contributed by atoms with Gasteiger partial charge < -0.3 is 14.4 Å². The molecule has 3 rings (SSSR count). The van der Waals surface area contributed by atoms with Gasteiger partial charge in [0.1, 0.15) is 11.5 Å². The number of hydrogen-bond donors (Lipinski definition) is 1. The van der Waals surface area contributed by atoms with E-state index in [0.29, 0.717) is 6.04 Å². The van der Waals surface area contributed by atoms with Crippen molar-refractivity contribution < 1.29 is 9.05 Å². The Kier molecular flexibility index (Phi) is 6.51. The third-order valence-electron chi connectivity index (χ3n) is 3.70. The van der Waals surface area contributed by atoms with E-state index in [0.717, 1.165) is 24.5 Å². The second-order valence-corrected chi connectivity index (χ2v) is 6.81. The molecular formula is C20H22NO2P. The predicted octanol–water partition coefficient (Wildman–Crippen LogP) is 5.27. The van der Waals surface area contributed by atoms with E-state index < -0.39 is 8.38 Å². The Balaban J connectivity index is 1.69. The monoisotopic (exact) mass is 339 g/mol. The summed E-state index contributed by atoms with van der Waals surface area (Å²) in [5, 5.41) is 3.48. The normalized spacial score (nSPS) is 17.0. The van der Waals surface area contributed by atoms with Gasteiger partial charge in [-0.15, -0.1) is 5.73 Å². The van der Waals surface area contributed by atoms with Crippen molar-refractivity contribution in [1.29, 1.82) is 0 Å². The molecule has 2 aromatic carbocycles. The SMILES string of the molecule is C(=CC1CCCCN1)=CP(Oc1ccccc1)Oc1ccccc1. The standard InChI is InChI=1S/C20H22NO2P/c1-3-12-19(13-4-1)22-24(23-20-14-5-2-6-15-20)17-9-11-18-10-7-8-16-21-18/h1-6,11-15,17-18,21H,7-8,10,16H2. The molecule has 1 N–H and O–H groups in total. The molecule has 1 atom stereocenters. The zero-order valence-electron chi connectivity index (χ0n) is 13.6. The fourth-order valence-corrected chi connectivity index (χ4v) is 3.49. The topological polar surface area (TPSA) is 30.5 Å². The molecule has 0 spiro atoms. The summed E-state index contributed by atoms with van der Waals surface area (Å²) in [5.41, 5.74) is 3.26. The maximum atomic E-state index is 5.99. The van der Waals surface area contributed by atoms with Gasteiger partial charge in [-0.2, -0.15) is 0 Å². The molecule has 3 nitrogen and oxygen atoms in total. The van der Waals surface area contributed by atoms with Crippen LogP contribution in [0.25, 0.3) is 0 Å². The lowest BCUT2D eigenvalue weighted by Gasteiger charge is -2.19. The van der Waals surface area contributed by atoms with E-state index in [1.54, 1.807) is 0 Å². The highest BCUT2D eigenvalue weighted by atomic mass is 31.2. The Bertz CT molecular complexity index is 621. The average molecular weight is 339 g/mol. The third-order valence-corrected chi connectivity index (χ3v) is 4.84. The van der Waals surface area contributed by atoms with Crippen molar-refractivity contribution in [2.75, 3.05) is 6.54 Å². The molecule has 0 saturated carbocycles. The highest BCUT2D eigenvalue weighted by Crippen LogP contribution is 2.41. The molecule has 124 valence electrons. The molecule has 0 aliphatic carbocycles. The van der Waals surface area contributed by atoms with E-state index in [1.165, 1.54) is 12.8 Å². The largest absolute Gasteiger partial charge is 0.435 e. The van der Waals surface area contributed by atoms with Crippen molar-refractivity contribution in [3.05, 3.63) is 78.3 Å². The van der Waals surface area contributed by atoms with Crippen LogP contribution in [0.5, 0.6) is 11.5 Å². The molecule has 1 heterocycles. The van der Waals surface area contributed by atoms with E-state index in [9.17, 15) is 0 Å². The van der Waals surface area contributed by atoms with E-state index >= 15 is 0 Å². The molecule has 1 aliphatic rings. The first-order chi connectivity index (χ1) is 11.9. The van der Waals surface area contributed by atoms with Crippen LogP contribution in [0.3, 0.4) is 0 Å². The molecule has 1 fully saturated rings. The number of rotatable bonds is 6. The maximum absolute atomic E-state index is 5.99. The summed E-state index contributed by atoms with van der Waals surface area (Å²) in [7, 11) is -1.24. The van der Waals surface area contributed by atoms with Crippen LogP contribution in [0.1, 0.15) is 19.3 Å². The Morgan fingerprint density at radius 3 is 2.08 bits per heavy atom. The van der Waals surface area contributed by atoms with Crippen LogP contribution in [-0.2, 0) is 0 Å². The molecule has 0 amide bonds. The maximum Gasteiger partial charge on any atom is 0.326 e. The molecule has 0 radical (unpaired) electrons. The van der Waals surface area contributed by atoms with Gasteiger partial charge in [0.15, 0.2) is 0 Å². The summed E-state index contributed by atoms with van der Waals surface area (Å²) in [6.45, 7) is 1.08. The number of nitrogens with one attached hydrogen (secondary N) is 1. The van der Waals surface area contributed by atoms with Crippen LogP contribution < -0.4 is 14.4 Å². The highest BCUT2D eigenvalue weighted by molar-refractivity contribution is 7.51. The molecule has 1 unspecified atom stereocenters. The van der Waals surface area contributed by atoms with E-state index in [1.807, 2.05) is 66.5 Å². The molecular weight excluding hydrogens is 317 g/mol. The summed E-state index contributed by atoms with van der Waals surface area (Å²) in [6.07, 6.45) is 5.77. The van der Waals surface area contributed by atoms with Gasteiger partial charge in [-0.25, -0.2) is 0 Å². The molecule has 2 aromatic rings. The van der Waals surface area contributed by atoms with Gasteiger partial charge in [0.05, 0.1) is 5.82 Å². The van der Waals surface area contributed by atoms with Gasteiger partial charge in [0.25, 0.3) is 0 Å². The Labute approximate surface area is 144 Å². The Hall–Kier alpha value is -2.05. The lowest BCUT2D eigenvalue weighted by Crippen LogP contribution is -2.31. The first kappa shape index (κ1) is 16.8. The first-order valence-corrected chi connectivity index (χ1v) is 9.56. The van der Waals surface area contributed by atoms with Crippen LogP contribution in [0.4, 0.5) is 0 Å². The van der Waals surface area contributed by atoms with Crippen molar-refractivity contribution in [2.24, 2.45) is 0 Å². The van der Waals surface area contributed by atoms with Gasteiger partial charge in [-0.05, 0) is 49.7 Å². The number of hydrogen-bond acceptors (Lipinski definition) is 3. The third kappa shape index (κ3) is 5.54. The predicted molar refractivity (Wildman–Crippen MR) is 99.4 cm³/mol. The van der Waals surface area contributed by atoms with Crippen LogP contribution in [-0.4, -0.2) is 12.6 Å². The summed E-state index contributed by atoms with van der Waals surface area (Å²) in [4.78, 5) is 0. The van der Waals surface area contributed by atoms with Crippen LogP contribution in [0.15, 0.2) is 78.3 Å². The van der Waals surface area contributed by atoms with E-state index in [-0.39, 0.29) is 0 Å². The van der Waals surface area contributed by atoms with Crippen molar-refractivity contribution >= 4 is 8.38 Å². The molecule has 24 heavy (non-hydrogen) atoms. The summed E-state index contributed by atoms with van der Waals surface area (Å²) >= 11 is 0. The summed E-state index contributed by atoms with van der Waals surface area (Å²) < 4.78 is 12.0. The lowest BCUT2D eigenvalue weighted by atomic mass is 10.1. The van der Waals surface area contributed by atoms with Gasteiger partial charge in [-0.3, -0.25) is 0 Å². The zero-order chi connectivity index (χ0) is 16.5. The quantitative estimate of drug-likeness (QED) is 0.575. The number of para-hydroxylation sites is 2. The van der Waals surface area contributed by atoms with Gasteiger partial charge in [0.2, 0.25) is 0 Å². The van der Waals surface area contributed by atoms with Gasteiger partial charge in [-0.1, -0.05) is 42.8 Å².